The average Bonchev–Trinajstić information content (AvgIpc) is 1.55. The Hall–Kier alpha value is -12.8. The van der Waals surface area contributed by atoms with Crippen molar-refractivity contribution in [3.05, 3.63) is 328 Å². The van der Waals surface area contributed by atoms with Crippen LogP contribution in [0.1, 0.15) is 0 Å². The summed E-state index contributed by atoms with van der Waals surface area (Å²) in [6.45, 7) is 0. The number of rotatable bonds is 10. The van der Waals surface area contributed by atoms with Gasteiger partial charge in [0.15, 0.2) is 11.6 Å². The first-order valence-corrected chi connectivity index (χ1v) is 31.9. The Bertz CT molecular complexity index is 6160. The molecule has 0 fully saturated rings. The number of pyridine rings is 1. The van der Waals surface area contributed by atoms with Crippen molar-refractivity contribution in [3.8, 4) is 90.6 Å². The standard InChI is InChI=1S/C86H54N8/c1-5-25-55(26-6-1)72-53-60(62-33-13-19-39-74(62)93-77-42-22-15-35-64(77)68-48-47-67-63-34-14-20-40-75(63)91(82(67)83(68)93)61-31-11-4-12-32-61)54-73(87-72)69-38-18-24-44-79(69)92-76-41-21-16-36-65(76)70-51-58(45-49-80(70)92)59-46-50-81-71(52-59)66-37-17-23-43-78(66)94(81)86-89-84(56-27-7-2-8-28-56)88-85(90-86)57-29-9-3-10-30-57/h1-54H. The van der Waals surface area contributed by atoms with E-state index in [1.807, 2.05) is 60.7 Å². The molecule has 0 radical (unpaired) electrons. The zero-order chi connectivity index (χ0) is 61.8. The predicted octanol–water partition coefficient (Wildman–Crippen LogP) is 21.7. The number of fused-ring (bicyclic) bond motifs is 13. The first-order valence-electron chi connectivity index (χ1n) is 31.9. The number of hydrogen-bond acceptors (Lipinski definition) is 4. The molecule has 19 aromatic rings. The van der Waals surface area contributed by atoms with Gasteiger partial charge in [-0.05, 0) is 102 Å². The van der Waals surface area contributed by atoms with Crippen LogP contribution in [0.5, 0.6) is 0 Å². The summed E-state index contributed by atoms with van der Waals surface area (Å²) in [5, 5.41) is 9.37. The molecule has 13 aromatic carbocycles. The molecule has 0 spiro atoms. The van der Waals surface area contributed by atoms with Gasteiger partial charge >= 0.3 is 0 Å². The summed E-state index contributed by atoms with van der Waals surface area (Å²) in [6, 6.07) is 117. The molecule has 8 heteroatoms. The van der Waals surface area contributed by atoms with Crippen LogP contribution in [0, 0.1) is 0 Å². The number of aromatic nitrogens is 8. The van der Waals surface area contributed by atoms with Gasteiger partial charge in [0.05, 0.1) is 66.9 Å². The van der Waals surface area contributed by atoms with E-state index in [1.54, 1.807) is 0 Å². The molecule has 0 aliphatic carbocycles. The van der Waals surface area contributed by atoms with Gasteiger partial charge in [-0.3, -0.25) is 4.57 Å². The monoisotopic (exact) mass is 1200 g/mol. The highest BCUT2D eigenvalue weighted by molar-refractivity contribution is 6.24. The fourth-order valence-electron chi connectivity index (χ4n) is 14.7. The number of nitrogens with zero attached hydrogens (tertiary/aromatic N) is 8. The van der Waals surface area contributed by atoms with Gasteiger partial charge < -0.3 is 13.7 Å². The normalized spacial score (nSPS) is 11.8. The molecule has 0 saturated heterocycles. The molecule has 0 atom stereocenters. The van der Waals surface area contributed by atoms with Crippen LogP contribution in [0.2, 0.25) is 0 Å². The molecule has 19 rings (SSSR count). The highest BCUT2D eigenvalue weighted by Crippen LogP contribution is 2.46. The molecule has 0 saturated carbocycles. The Labute approximate surface area is 540 Å². The van der Waals surface area contributed by atoms with Crippen LogP contribution < -0.4 is 0 Å². The highest BCUT2D eigenvalue weighted by atomic mass is 15.2. The molecule has 94 heavy (non-hydrogen) atoms. The number of para-hydroxylation sites is 7. The molecule has 6 heterocycles. The molecule has 438 valence electrons. The molecular weight excluding hydrogens is 1150 g/mol. The lowest BCUT2D eigenvalue weighted by atomic mass is 9.97. The third-order valence-electron chi connectivity index (χ3n) is 18.8. The van der Waals surface area contributed by atoms with E-state index in [1.165, 1.54) is 32.6 Å². The fourth-order valence-corrected chi connectivity index (χ4v) is 14.7. The van der Waals surface area contributed by atoms with Gasteiger partial charge in [0.25, 0.3) is 0 Å². The molecule has 6 aromatic heterocycles. The van der Waals surface area contributed by atoms with Crippen LogP contribution in [0.4, 0.5) is 0 Å². The lowest BCUT2D eigenvalue weighted by molar-refractivity contribution is 0.953. The maximum Gasteiger partial charge on any atom is 0.238 e. The fraction of sp³-hybridized carbons (Fsp3) is 0. The predicted molar refractivity (Wildman–Crippen MR) is 388 cm³/mol. The Balaban J connectivity index is 0.772. The number of benzene rings is 13. The average molecular weight is 1200 g/mol. The van der Waals surface area contributed by atoms with E-state index in [4.69, 9.17) is 19.9 Å². The second-order valence-electron chi connectivity index (χ2n) is 24.1. The van der Waals surface area contributed by atoms with Crippen LogP contribution >= 0.6 is 0 Å². The van der Waals surface area contributed by atoms with Gasteiger partial charge in [0, 0.05) is 76.6 Å². The summed E-state index contributed by atoms with van der Waals surface area (Å²) in [5.74, 6) is 1.80. The minimum absolute atomic E-state index is 0.564. The molecule has 0 amide bonds. The van der Waals surface area contributed by atoms with E-state index in [0.29, 0.717) is 17.6 Å². The van der Waals surface area contributed by atoms with Gasteiger partial charge in [0.1, 0.15) is 0 Å². The third kappa shape index (κ3) is 8.40. The van der Waals surface area contributed by atoms with Crippen LogP contribution in [-0.2, 0) is 0 Å². The first-order chi connectivity index (χ1) is 46.6. The smallest absolute Gasteiger partial charge is 0.238 e. The van der Waals surface area contributed by atoms with Crippen molar-refractivity contribution < 1.29 is 0 Å². The quantitative estimate of drug-likeness (QED) is 0.137. The first kappa shape index (κ1) is 53.1. The van der Waals surface area contributed by atoms with Crippen LogP contribution in [-0.4, -0.2) is 38.2 Å². The van der Waals surface area contributed by atoms with Gasteiger partial charge in [-0.25, -0.2) is 9.97 Å². The summed E-state index contributed by atoms with van der Waals surface area (Å²) < 4.78 is 9.59. The molecule has 0 bridgehead atoms. The van der Waals surface area contributed by atoms with E-state index >= 15 is 0 Å². The lowest BCUT2D eigenvalue weighted by Crippen LogP contribution is -2.06. The maximum absolute atomic E-state index is 5.65. The maximum atomic E-state index is 5.65. The van der Waals surface area contributed by atoms with Gasteiger partial charge in [-0.15, -0.1) is 0 Å². The molecule has 0 aliphatic rings. The zero-order valence-corrected chi connectivity index (χ0v) is 50.8. The van der Waals surface area contributed by atoms with Crippen molar-refractivity contribution in [1.29, 1.82) is 0 Å². The molecule has 0 aliphatic heterocycles. The van der Waals surface area contributed by atoms with E-state index < -0.39 is 0 Å². The van der Waals surface area contributed by atoms with E-state index in [9.17, 15) is 0 Å². The zero-order valence-electron chi connectivity index (χ0n) is 50.8. The minimum atomic E-state index is 0.564. The van der Waals surface area contributed by atoms with E-state index in [-0.39, 0.29) is 0 Å². The lowest BCUT2D eigenvalue weighted by Gasteiger charge is -2.18. The summed E-state index contributed by atoms with van der Waals surface area (Å²) in [4.78, 5) is 21.1. The van der Waals surface area contributed by atoms with Crippen molar-refractivity contribution in [2.75, 3.05) is 0 Å². The summed E-state index contributed by atoms with van der Waals surface area (Å²) in [6.07, 6.45) is 0. The van der Waals surface area contributed by atoms with Crippen LogP contribution in [0.15, 0.2) is 328 Å². The summed E-state index contributed by atoms with van der Waals surface area (Å²) in [5.41, 5.74) is 22.2. The second-order valence-corrected chi connectivity index (χ2v) is 24.1. The van der Waals surface area contributed by atoms with Crippen molar-refractivity contribution in [1.82, 2.24) is 38.2 Å². The van der Waals surface area contributed by atoms with Crippen LogP contribution in [0.3, 0.4) is 0 Å². The van der Waals surface area contributed by atoms with Crippen molar-refractivity contribution >= 4 is 87.2 Å². The van der Waals surface area contributed by atoms with Gasteiger partial charge in [-0.1, -0.05) is 243 Å². The Morgan fingerprint density at radius 2 is 0.596 bits per heavy atom. The van der Waals surface area contributed by atoms with E-state index in [2.05, 4.69) is 285 Å². The molecule has 0 N–H and O–H groups in total. The van der Waals surface area contributed by atoms with E-state index in [0.717, 1.165) is 128 Å². The molecule has 8 nitrogen and oxygen atoms in total. The largest absolute Gasteiger partial charge is 0.309 e. The second kappa shape index (κ2) is 21.4. The van der Waals surface area contributed by atoms with Crippen molar-refractivity contribution in [2.24, 2.45) is 0 Å². The Kier molecular flexibility index (Phi) is 12.1. The molecular formula is C86H54N8. The van der Waals surface area contributed by atoms with Crippen molar-refractivity contribution in [2.45, 2.75) is 0 Å². The summed E-state index contributed by atoms with van der Waals surface area (Å²) >= 11 is 0. The van der Waals surface area contributed by atoms with Gasteiger partial charge in [-0.2, -0.15) is 9.97 Å². The summed E-state index contributed by atoms with van der Waals surface area (Å²) in [7, 11) is 0. The highest BCUT2D eigenvalue weighted by Gasteiger charge is 2.25. The third-order valence-corrected chi connectivity index (χ3v) is 18.8. The number of hydrogen-bond donors (Lipinski definition) is 0. The Morgan fingerprint density at radius 1 is 0.202 bits per heavy atom. The topological polar surface area (TPSA) is 71.3 Å². The SMILES string of the molecule is c1ccc(-c2cc(-c3ccccc3-n3c4ccccc4c4ccc5c6ccccc6n(-c6ccccc6)c5c43)cc(-c3ccccc3-n3c4ccccc4c4cc(-c5ccc6c(c5)c5ccccc5n6-c5nc(-c6ccccc6)nc(-c6ccccc6)n5)ccc43)n2)cc1. The van der Waals surface area contributed by atoms with Crippen LogP contribution in [0.25, 0.3) is 178 Å². The Morgan fingerprint density at radius 3 is 1.16 bits per heavy atom. The minimum Gasteiger partial charge on any atom is -0.309 e. The van der Waals surface area contributed by atoms with Crippen molar-refractivity contribution in [3.63, 3.8) is 0 Å². The van der Waals surface area contributed by atoms with Gasteiger partial charge in [0.2, 0.25) is 5.95 Å². The molecule has 0 unspecified atom stereocenters.